The zero-order valence-corrected chi connectivity index (χ0v) is 41.5. The molecule has 0 atom stereocenters. The summed E-state index contributed by atoms with van der Waals surface area (Å²) in [5.41, 5.74) is 0. The molecule has 0 bridgehead atoms. The van der Waals surface area contributed by atoms with Crippen molar-refractivity contribution in [2.24, 2.45) is 0 Å². The normalized spacial score (nSPS) is 15.2. The van der Waals surface area contributed by atoms with Gasteiger partial charge in [0.15, 0.2) is 0 Å². The fraction of sp³-hybridized carbons (Fsp3) is 0. The van der Waals surface area contributed by atoms with Gasteiger partial charge in [-0.05, 0) is 0 Å². The molecule has 0 saturated carbocycles. The van der Waals surface area contributed by atoms with Crippen molar-refractivity contribution in [2.45, 2.75) is 0 Å². The molecular weight excluding hydrogens is 963 g/mol. The fourth-order valence-electron chi connectivity index (χ4n) is 8.20. The third kappa shape index (κ3) is 7.59. The van der Waals surface area contributed by atoms with E-state index in [1.165, 1.54) is 35.2 Å². The minimum atomic E-state index is -4.01. The Kier molecular flexibility index (Phi) is 11.8. The van der Waals surface area contributed by atoms with E-state index >= 15 is 0 Å². The molecule has 0 amide bonds. The molecule has 280 valence electrons. The average molecular weight is 1000 g/mol. The van der Waals surface area contributed by atoms with Crippen LogP contribution in [0.5, 0.6) is 0 Å². The van der Waals surface area contributed by atoms with Crippen molar-refractivity contribution < 1.29 is 0 Å². The second-order valence-corrected chi connectivity index (χ2v) is 41.4. The van der Waals surface area contributed by atoms with Gasteiger partial charge in [-0.1, -0.05) is 0 Å². The summed E-state index contributed by atoms with van der Waals surface area (Å²) in [7, 11) is 0. The van der Waals surface area contributed by atoms with Crippen LogP contribution in [0, 0.1) is 38.0 Å². The van der Waals surface area contributed by atoms with Gasteiger partial charge in [0.2, 0.25) is 0 Å². The summed E-state index contributed by atoms with van der Waals surface area (Å²) < 4.78 is 43.9. The van der Waals surface area contributed by atoms with Crippen LogP contribution in [0.4, 0.5) is 0 Å². The molecule has 0 aliphatic carbocycles. The van der Waals surface area contributed by atoms with E-state index in [2.05, 4.69) is 281 Å². The van der Waals surface area contributed by atoms with E-state index in [4.69, 9.17) is 0 Å². The zero-order chi connectivity index (χ0) is 40.6. The Morgan fingerprint density at radius 2 is 0.250 bits per heavy atom. The van der Waals surface area contributed by atoms with Crippen LogP contribution in [0.2, 0.25) is 0 Å². The first kappa shape index (κ1) is 39.6. The number of benzene rings is 8. The number of hydrogen-bond acceptors (Lipinski definition) is 0. The molecule has 1 heterocycles. The van der Waals surface area contributed by atoms with Gasteiger partial charge in [-0.2, -0.15) is 0 Å². The van der Waals surface area contributed by atoms with Gasteiger partial charge in [-0.3, -0.25) is 0 Å². The predicted molar refractivity (Wildman–Crippen MR) is 263 cm³/mol. The Hall–Kier alpha value is -5.83. The van der Waals surface area contributed by atoms with Crippen molar-refractivity contribution in [3.8, 4) is 38.0 Å². The van der Waals surface area contributed by atoms with Gasteiger partial charge in [-0.25, -0.2) is 0 Å². The van der Waals surface area contributed by atoms with Crippen molar-refractivity contribution >= 4 is 88.2 Å². The molecule has 0 spiro atoms. The number of rotatable bonds is 8. The van der Waals surface area contributed by atoms with Gasteiger partial charge in [0, 0.05) is 0 Å². The second-order valence-electron chi connectivity index (χ2n) is 14.9. The van der Waals surface area contributed by atoms with Crippen LogP contribution in [-0.2, 0) is 0 Å². The second kappa shape index (κ2) is 17.8. The molecule has 1 aliphatic rings. The standard InChI is InChI=1S/C56H40Ge4/c1-9-25-49(26-10-1)57(50-27-11-2-12-28-50)41-43-58(51-29-13-3-14-30-51,52-31-15-4-16-32-52)45-47-60(55-37-21-7-22-38-55,56-39-23-8-24-40-56)48-46-59(44-42-57,53-33-17-5-18-34-53)54-35-19-6-20-36-54/h1-40H. The molecule has 0 fully saturated rings. The van der Waals surface area contributed by atoms with Crippen molar-refractivity contribution in [1.82, 2.24) is 0 Å². The Morgan fingerprint density at radius 1 is 0.150 bits per heavy atom. The van der Waals surface area contributed by atoms with Crippen LogP contribution in [-0.4, -0.2) is 53.1 Å². The molecule has 0 saturated heterocycles. The molecular formula is C56H40Ge4. The summed E-state index contributed by atoms with van der Waals surface area (Å²) >= 11 is -16.1. The number of hydrogen-bond donors (Lipinski definition) is 0. The van der Waals surface area contributed by atoms with Crippen molar-refractivity contribution in [3.05, 3.63) is 243 Å². The maximum atomic E-state index is 4.27. The van der Waals surface area contributed by atoms with Crippen molar-refractivity contribution in [1.29, 1.82) is 0 Å². The van der Waals surface area contributed by atoms with Crippen LogP contribution in [0.1, 0.15) is 0 Å². The fourth-order valence-corrected chi connectivity index (χ4v) is 47.5. The molecule has 0 nitrogen and oxygen atoms in total. The molecule has 0 radical (unpaired) electrons. The Bertz CT molecular complexity index is 2350. The molecule has 0 N–H and O–H groups in total. The molecule has 0 aromatic heterocycles. The molecule has 8 aromatic rings. The summed E-state index contributed by atoms with van der Waals surface area (Å²) in [5, 5.41) is 0. The predicted octanol–water partition coefficient (Wildman–Crippen LogP) is 5.38. The van der Waals surface area contributed by atoms with Crippen LogP contribution >= 0.6 is 0 Å². The van der Waals surface area contributed by atoms with E-state index in [1.807, 2.05) is 0 Å². The van der Waals surface area contributed by atoms with E-state index in [-0.39, 0.29) is 0 Å². The minimum absolute atomic E-state index is 1.22. The van der Waals surface area contributed by atoms with Gasteiger partial charge in [0.1, 0.15) is 0 Å². The Labute approximate surface area is 365 Å². The third-order valence-corrected chi connectivity index (χ3v) is 44.3. The van der Waals surface area contributed by atoms with Crippen LogP contribution in [0.15, 0.2) is 243 Å². The third-order valence-electron chi connectivity index (χ3n) is 11.4. The first-order chi connectivity index (χ1) is 29.7. The Balaban J connectivity index is 1.53. The van der Waals surface area contributed by atoms with Gasteiger partial charge >= 0.3 is 369 Å². The van der Waals surface area contributed by atoms with E-state index in [0.29, 0.717) is 0 Å². The van der Waals surface area contributed by atoms with Crippen molar-refractivity contribution in [2.75, 3.05) is 0 Å². The van der Waals surface area contributed by atoms with E-state index < -0.39 is 53.1 Å². The summed E-state index contributed by atoms with van der Waals surface area (Å²) in [6, 6.07) is 87.5. The first-order valence-corrected chi connectivity index (χ1v) is 37.1. The summed E-state index contributed by atoms with van der Waals surface area (Å²) in [5.74, 6) is 0. The van der Waals surface area contributed by atoms with E-state index in [0.717, 1.165) is 0 Å². The Morgan fingerprint density at radius 3 is 0.350 bits per heavy atom. The molecule has 60 heavy (non-hydrogen) atoms. The van der Waals surface area contributed by atoms with Gasteiger partial charge in [0.25, 0.3) is 0 Å². The quantitative estimate of drug-likeness (QED) is 0.142. The summed E-state index contributed by atoms with van der Waals surface area (Å²) in [6.45, 7) is 0. The molecule has 8 aromatic carbocycles. The van der Waals surface area contributed by atoms with Gasteiger partial charge < -0.3 is 0 Å². The first-order valence-electron chi connectivity index (χ1n) is 20.3. The maximum absolute atomic E-state index is 4.27. The SMILES string of the molecule is [C]1#[C][Ge]([c]2ccccc2)([c]2ccccc2)[C]#[C][Ge]([c]2ccccc2)([c]2ccccc2)[C]#[C][Ge]([c]2ccccc2)([c]2ccccc2)[C]#[C][Ge]1([c]1ccccc1)[c]1ccccc1. The summed E-state index contributed by atoms with van der Waals surface area (Å²) in [6.07, 6.45) is 0. The average Bonchev–Trinajstić information content (AvgIpc) is 3.34. The van der Waals surface area contributed by atoms with E-state index in [9.17, 15) is 0 Å². The molecule has 0 unspecified atom stereocenters. The van der Waals surface area contributed by atoms with Crippen LogP contribution in [0.25, 0.3) is 0 Å². The van der Waals surface area contributed by atoms with Gasteiger partial charge in [-0.15, -0.1) is 0 Å². The van der Waals surface area contributed by atoms with E-state index in [1.54, 1.807) is 0 Å². The van der Waals surface area contributed by atoms with Crippen LogP contribution in [0.3, 0.4) is 0 Å². The monoisotopic (exact) mass is 1010 g/mol. The molecule has 1 aliphatic heterocycles. The van der Waals surface area contributed by atoms with Crippen LogP contribution < -0.4 is 35.2 Å². The zero-order valence-electron chi connectivity index (χ0n) is 33.1. The summed E-state index contributed by atoms with van der Waals surface area (Å²) in [4.78, 5) is 0. The molecule has 4 heteroatoms. The van der Waals surface area contributed by atoms with Gasteiger partial charge in [0.05, 0.1) is 0 Å². The van der Waals surface area contributed by atoms with Crippen molar-refractivity contribution in [3.63, 3.8) is 0 Å². The molecule has 9 rings (SSSR count). The topological polar surface area (TPSA) is 0 Å².